The Labute approximate surface area is 121 Å². The van der Waals surface area contributed by atoms with Crippen molar-refractivity contribution in [2.45, 2.75) is 51.9 Å². The van der Waals surface area contributed by atoms with E-state index >= 15 is 0 Å². The van der Waals surface area contributed by atoms with Crippen molar-refractivity contribution < 1.29 is 9.53 Å². The number of hydrogen-bond acceptors (Lipinski definition) is 2. The van der Waals surface area contributed by atoms with Crippen LogP contribution in [0.4, 0.5) is 5.69 Å². The molecule has 0 saturated heterocycles. The molecule has 20 heavy (non-hydrogen) atoms. The molecular formula is C17H25NO2. The number of hydrogen-bond donors (Lipinski definition) is 1. The van der Waals surface area contributed by atoms with Gasteiger partial charge in [0.25, 0.3) is 0 Å². The Balaban J connectivity index is 1.71. The molecule has 0 radical (unpaired) electrons. The molecule has 3 heteroatoms. The number of amides is 1. The number of nitrogens with one attached hydrogen (secondary N) is 1. The summed E-state index contributed by atoms with van der Waals surface area (Å²) in [5, 5.41) is 2.95. The van der Waals surface area contributed by atoms with Crippen molar-refractivity contribution in [3.63, 3.8) is 0 Å². The van der Waals surface area contributed by atoms with Crippen LogP contribution in [0.25, 0.3) is 0 Å². The number of ether oxygens (including phenoxy) is 1. The standard InChI is InChI=1S/C17H25NO2/c1-2-3-4-12-20-16-10-8-15(9-11-16)18-17(19)13-14-6-5-7-14/h8-11,14H,2-7,12-13H2,1H3,(H,18,19). The van der Waals surface area contributed by atoms with Crippen LogP contribution in [0.3, 0.4) is 0 Å². The van der Waals surface area contributed by atoms with E-state index in [1.807, 2.05) is 24.3 Å². The van der Waals surface area contributed by atoms with Crippen molar-refractivity contribution in [3.8, 4) is 5.75 Å². The number of benzene rings is 1. The van der Waals surface area contributed by atoms with E-state index in [4.69, 9.17) is 4.74 Å². The normalized spacial score (nSPS) is 14.7. The zero-order chi connectivity index (χ0) is 14.2. The van der Waals surface area contributed by atoms with Gasteiger partial charge in [0.2, 0.25) is 5.91 Å². The molecule has 0 atom stereocenters. The van der Waals surface area contributed by atoms with Crippen molar-refractivity contribution in [2.75, 3.05) is 11.9 Å². The largest absolute Gasteiger partial charge is 0.494 e. The first-order chi connectivity index (χ1) is 9.78. The van der Waals surface area contributed by atoms with Gasteiger partial charge in [-0.05, 0) is 49.4 Å². The maximum absolute atomic E-state index is 11.8. The minimum Gasteiger partial charge on any atom is -0.494 e. The van der Waals surface area contributed by atoms with Crippen LogP contribution in [-0.4, -0.2) is 12.5 Å². The highest BCUT2D eigenvalue weighted by molar-refractivity contribution is 5.90. The minimum atomic E-state index is 0.131. The van der Waals surface area contributed by atoms with Gasteiger partial charge in [0.15, 0.2) is 0 Å². The minimum absolute atomic E-state index is 0.131. The topological polar surface area (TPSA) is 38.3 Å². The van der Waals surface area contributed by atoms with Gasteiger partial charge >= 0.3 is 0 Å². The Morgan fingerprint density at radius 3 is 2.60 bits per heavy atom. The summed E-state index contributed by atoms with van der Waals surface area (Å²) >= 11 is 0. The Morgan fingerprint density at radius 2 is 2.00 bits per heavy atom. The first-order valence-electron chi connectivity index (χ1n) is 7.80. The fraction of sp³-hybridized carbons (Fsp3) is 0.588. The lowest BCUT2D eigenvalue weighted by Crippen LogP contribution is -2.20. The summed E-state index contributed by atoms with van der Waals surface area (Å²) < 4.78 is 5.65. The third kappa shape index (κ3) is 4.87. The highest BCUT2D eigenvalue weighted by atomic mass is 16.5. The number of rotatable bonds is 8. The summed E-state index contributed by atoms with van der Waals surface area (Å²) in [6, 6.07) is 7.66. The van der Waals surface area contributed by atoms with Gasteiger partial charge in [0.05, 0.1) is 6.61 Å². The molecule has 1 aliphatic rings. The van der Waals surface area contributed by atoms with Crippen LogP contribution in [-0.2, 0) is 4.79 Å². The average molecular weight is 275 g/mol. The molecule has 1 N–H and O–H groups in total. The Morgan fingerprint density at radius 1 is 1.25 bits per heavy atom. The predicted molar refractivity (Wildman–Crippen MR) is 82.0 cm³/mol. The van der Waals surface area contributed by atoms with Crippen LogP contribution in [0.5, 0.6) is 5.75 Å². The van der Waals surface area contributed by atoms with Crippen molar-refractivity contribution in [2.24, 2.45) is 5.92 Å². The summed E-state index contributed by atoms with van der Waals surface area (Å²) in [4.78, 5) is 11.8. The molecule has 0 heterocycles. The van der Waals surface area contributed by atoms with E-state index in [1.165, 1.54) is 32.1 Å². The molecule has 0 aromatic heterocycles. The molecule has 2 rings (SSSR count). The van der Waals surface area contributed by atoms with Crippen LogP contribution < -0.4 is 10.1 Å². The van der Waals surface area contributed by atoms with Gasteiger partial charge in [-0.3, -0.25) is 4.79 Å². The first kappa shape index (κ1) is 14.9. The molecule has 1 aliphatic carbocycles. The van der Waals surface area contributed by atoms with Gasteiger partial charge in [0.1, 0.15) is 5.75 Å². The van der Waals surface area contributed by atoms with Gasteiger partial charge in [-0.25, -0.2) is 0 Å². The summed E-state index contributed by atoms with van der Waals surface area (Å²) in [5.74, 6) is 1.61. The van der Waals surface area contributed by atoms with Gasteiger partial charge in [-0.1, -0.05) is 26.2 Å². The molecule has 0 aliphatic heterocycles. The lowest BCUT2D eigenvalue weighted by atomic mass is 9.83. The van der Waals surface area contributed by atoms with Gasteiger partial charge in [-0.15, -0.1) is 0 Å². The highest BCUT2D eigenvalue weighted by Crippen LogP contribution is 2.29. The molecule has 1 saturated carbocycles. The van der Waals surface area contributed by atoms with E-state index in [2.05, 4.69) is 12.2 Å². The van der Waals surface area contributed by atoms with Gasteiger partial charge in [-0.2, -0.15) is 0 Å². The molecule has 1 amide bonds. The molecule has 3 nitrogen and oxygen atoms in total. The second kappa shape index (κ2) is 7.93. The number of unbranched alkanes of at least 4 members (excludes halogenated alkanes) is 2. The third-order valence-corrected chi connectivity index (χ3v) is 3.85. The van der Waals surface area contributed by atoms with Crippen molar-refractivity contribution >= 4 is 11.6 Å². The summed E-state index contributed by atoms with van der Waals surface area (Å²) in [6.45, 7) is 2.95. The van der Waals surface area contributed by atoms with Crippen LogP contribution >= 0.6 is 0 Å². The maximum Gasteiger partial charge on any atom is 0.224 e. The van der Waals surface area contributed by atoms with Crippen LogP contribution in [0.1, 0.15) is 51.9 Å². The van der Waals surface area contributed by atoms with Gasteiger partial charge < -0.3 is 10.1 Å². The van der Waals surface area contributed by atoms with E-state index in [9.17, 15) is 4.79 Å². The van der Waals surface area contributed by atoms with Crippen LogP contribution in [0.15, 0.2) is 24.3 Å². The van der Waals surface area contributed by atoms with Crippen LogP contribution in [0, 0.1) is 5.92 Å². The average Bonchev–Trinajstić information content (AvgIpc) is 2.41. The Hall–Kier alpha value is -1.51. The molecule has 1 aromatic carbocycles. The molecule has 110 valence electrons. The van der Waals surface area contributed by atoms with Crippen LogP contribution in [0.2, 0.25) is 0 Å². The van der Waals surface area contributed by atoms with E-state index in [0.717, 1.165) is 24.5 Å². The smallest absolute Gasteiger partial charge is 0.224 e. The second-order valence-corrected chi connectivity index (χ2v) is 5.63. The zero-order valence-electron chi connectivity index (χ0n) is 12.4. The van der Waals surface area contributed by atoms with E-state index in [0.29, 0.717) is 12.3 Å². The fourth-order valence-electron chi connectivity index (χ4n) is 2.35. The van der Waals surface area contributed by atoms with Crippen molar-refractivity contribution in [1.82, 2.24) is 0 Å². The monoisotopic (exact) mass is 275 g/mol. The summed E-state index contributed by atoms with van der Waals surface area (Å²) in [5.41, 5.74) is 0.857. The number of carbonyl (C=O) groups excluding carboxylic acids is 1. The zero-order valence-corrected chi connectivity index (χ0v) is 12.4. The fourth-order valence-corrected chi connectivity index (χ4v) is 2.35. The Kier molecular flexibility index (Phi) is 5.90. The maximum atomic E-state index is 11.8. The molecule has 1 fully saturated rings. The molecule has 0 unspecified atom stereocenters. The first-order valence-corrected chi connectivity index (χ1v) is 7.80. The summed E-state index contributed by atoms with van der Waals surface area (Å²) in [6.07, 6.45) is 7.86. The number of carbonyl (C=O) groups is 1. The molecular weight excluding hydrogens is 250 g/mol. The molecule has 0 bridgehead atoms. The number of anilines is 1. The van der Waals surface area contributed by atoms with Crippen molar-refractivity contribution in [1.29, 1.82) is 0 Å². The van der Waals surface area contributed by atoms with Crippen molar-refractivity contribution in [3.05, 3.63) is 24.3 Å². The Bertz CT molecular complexity index is 410. The summed E-state index contributed by atoms with van der Waals surface area (Å²) in [7, 11) is 0. The van der Waals surface area contributed by atoms with Gasteiger partial charge in [0, 0.05) is 12.1 Å². The van der Waals surface area contributed by atoms with E-state index in [1.54, 1.807) is 0 Å². The molecule has 1 aromatic rings. The van der Waals surface area contributed by atoms with E-state index in [-0.39, 0.29) is 5.91 Å². The highest BCUT2D eigenvalue weighted by Gasteiger charge is 2.20. The quantitative estimate of drug-likeness (QED) is 0.715. The lowest BCUT2D eigenvalue weighted by molar-refractivity contribution is -0.117. The predicted octanol–water partition coefficient (Wildman–Crippen LogP) is 4.38. The lowest BCUT2D eigenvalue weighted by Gasteiger charge is -2.24. The second-order valence-electron chi connectivity index (χ2n) is 5.63. The van der Waals surface area contributed by atoms with E-state index < -0.39 is 0 Å². The SMILES string of the molecule is CCCCCOc1ccc(NC(=O)CC2CCC2)cc1. The molecule has 0 spiro atoms. The third-order valence-electron chi connectivity index (χ3n) is 3.85.